The van der Waals surface area contributed by atoms with Gasteiger partial charge in [-0.2, -0.15) is 5.10 Å². The van der Waals surface area contributed by atoms with E-state index < -0.39 is 0 Å². The molecule has 0 amide bonds. The standard InChI is InChI=1S/C13H15BrCl2N4O/c1-21-6-5-20-13(10(15)7-18-20)12(19-17)8-3-2-4-9(14)11(8)16/h2-4,7,12,19H,5-6,17H2,1H3. The Hall–Kier alpha value is -0.630. The van der Waals surface area contributed by atoms with Crippen LogP contribution in [0.1, 0.15) is 17.3 Å². The van der Waals surface area contributed by atoms with Crippen molar-refractivity contribution in [3.63, 3.8) is 0 Å². The van der Waals surface area contributed by atoms with Gasteiger partial charge in [-0.15, -0.1) is 0 Å². The normalized spacial score (nSPS) is 12.6. The van der Waals surface area contributed by atoms with Gasteiger partial charge >= 0.3 is 0 Å². The Morgan fingerprint density at radius 1 is 1.48 bits per heavy atom. The molecule has 8 heteroatoms. The molecule has 1 unspecified atom stereocenters. The van der Waals surface area contributed by atoms with Gasteiger partial charge in [0.15, 0.2) is 0 Å². The molecule has 0 spiro atoms. The Kier molecular flexibility index (Phi) is 6.04. The Morgan fingerprint density at radius 2 is 2.24 bits per heavy atom. The topological polar surface area (TPSA) is 65.1 Å². The third-order valence-electron chi connectivity index (χ3n) is 3.07. The molecule has 0 aliphatic rings. The summed E-state index contributed by atoms with van der Waals surface area (Å²) in [5, 5.41) is 5.35. The van der Waals surface area contributed by atoms with Crippen LogP contribution in [0.25, 0.3) is 0 Å². The van der Waals surface area contributed by atoms with Gasteiger partial charge < -0.3 is 4.74 Å². The zero-order valence-corrected chi connectivity index (χ0v) is 14.4. The lowest BCUT2D eigenvalue weighted by molar-refractivity contribution is 0.182. The van der Waals surface area contributed by atoms with Crippen LogP contribution in [0.15, 0.2) is 28.9 Å². The van der Waals surface area contributed by atoms with Crippen molar-refractivity contribution < 1.29 is 4.74 Å². The molecule has 2 rings (SSSR count). The summed E-state index contributed by atoms with van der Waals surface area (Å²) in [4.78, 5) is 0. The number of hydrogen-bond donors (Lipinski definition) is 2. The Bertz CT molecular complexity index is 620. The molecule has 1 aromatic heterocycles. The number of rotatable bonds is 6. The molecule has 0 saturated carbocycles. The molecular formula is C13H15BrCl2N4O. The largest absolute Gasteiger partial charge is 0.383 e. The fraction of sp³-hybridized carbons (Fsp3) is 0.308. The molecule has 1 atom stereocenters. The third kappa shape index (κ3) is 3.59. The van der Waals surface area contributed by atoms with Gasteiger partial charge in [-0.1, -0.05) is 35.3 Å². The van der Waals surface area contributed by atoms with Gasteiger partial charge in [-0.25, -0.2) is 5.43 Å². The summed E-state index contributed by atoms with van der Waals surface area (Å²) < 4.78 is 7.63. The van der Waals surface area contributed by atoms with E-state index in [4.69, 9.17) is 33.8 Å². The van der Waals surface area contributed by atoms with E-state index in [0.29, 0.717) is 23.2 Å². The predicted molar refractivity (Wildman–Crippen MR) is 87.4 cm³/mol. The molecule has 1 aromatic carbocycles. The van der Waals surface area contributed by atoms with E-state index in [0.717, 1.165) is 15.7 Å². The number of hydrazine groups is 1. The Labute approximate surface area is 141 Å². The van der Waals surface area contributed by atoms with Crippen molar-refractivity contribution in [1.29, 1.82) is 0 Å². The van der Waals surface area contributed by atoms with Crippen LogP contribution in [0.5, 0.6) is 0 Å². The average molecular weight is 394 g/mol. The molecule has 1 heterocycles. The van der Waals surface area contributed by atoms with Crippen molar-refractivity contribution in [1.82, 2.24) is 15.2 Å². The Balaban J connectivity index is 2.46. The summed E-state index contributed by atoms with van der Waals surface area (Å²) in [6, 6.07) is 5.27. The second kappa shape index (κ2) is 7.58. The molecular weight excluding hydrogens is 379 g/mol. The lowest BCUT2D eigenvalue weighted by Crippen LogP contribution is -2.31. The molecule has 3 N–H and O–H groups in total. The summed E-state index contributed by atoms with van der Waals surface area (Å²) in [6.45, 7) is 1.09. The summed E-state index contributed by atoms with van der Waals surface area (Å²) in [5.41, 5.74) is 4.32. The SMILES string of the molecule is COCCn1ncc(Cl)c1C(NN)c1cccc(Br)c1Cl. The summed E-state index contributed by atoms with van der Waals surface area (Å²) in [7, 11) is 1.63. The van der Waals surface area contributed by atoms with Crippen LogP contribution in [-0.4, -0.2) is 23.5 Å². The molecule has 0 saturated heterocycles. The highest BCUT2D eigenvalue weighted by Gasteiger charge is 2.23. The number of halogens is 3. The maximum atomic E-state index is 6.35. The minimum atomic E-state index is -0.373. The highest BCUT2D eigenvalue weighted by molar-refractivity contribution is 9.10. The molecule has 0 fully saturated rings. The van der Waals surface area contributed by atoms with E-state index in [9.17, 15) is 0 Å². The molecule has 0 bridgehead atoms. The highest BCUT2D eigenvalue weighted by atomic mass is 79.9. The van der Waals surface area contributed by atoms with Crippen LogP contribution in [0.3, 0.4) is 0 Å². The van der Waals surface area contributed by atoms with Crippen molar-refractivity contribution in [2.24, 2.45) is 5.84 Å². The van der Waals surface area contributed by atoms with E-state index >= 15 is 0 Å². The number of nitrogens with zero attached hydrogens (tertiary/aromatic N) is 2. The first-order valence-corrected chi connectivity index (χ1v) is 7.75. The van der Waals surface area contributed by atoms with Crippen LogP contribution in [0.2, 0.25) is 10.0 Å². The monoisotopic (exact) mass is 392 g/mol. The second-order valence-electron chi connectivity index (χ2n) is 4.34. The van der Waals surface area contributed by atoms with Gasteiger partial charge in [0.2, 0.25) is 0 Å². The van der Waals surface area contributed by atoms with Gasteiger partial charge in [0.1, 0.15) is 0 Å². The lowest BCUT2D eigenvalue weighted by atomic mass is 10.0. The lowest BCUT2D eigenvalue weighted by Gasteiger charge is -2.20. The van der Waals surface area contributed by atoms with Gasteiger partial charge in [-0.05, 0) is 27.6 Å². The fourth-order valence-corrected chi connectivity index (χ4v) is 2.94. The van der Waals surface area contributed by atoms with Crippen molar-refractivity contribution in [3.05, 3.63) is 50.2 Å². The summed E-state index contributed by atoms with van der Waals surface area (Å²) in [6.07, 6.45) is 1.59. The number of methoxy groups -OCH3 is 1. The molecule has 0 aliphatic heterocycles. The van der Waals surface area contributed by atoms with Crippen LogP contribution in [-0.2, 0) is 11.3 Å². The van der Waals surface area contributed by atoms with Gasteiger partial charge in [0.05, 0.1) is 41.1 Å². The minimum absolute atomic E-state index is 0.373. The number of ether oxygens (including phenoxy) is 1. The summed E-state index contributed by atoms with van der Waals surface area (Å²) >= 11 is 16.0. The van der Waals surface area contributed by atoms with Gasteiger partial charge in [0.25, 0.3) is 0 Å². The van der Waals surface area contributed by atoms with Gasteiger partial charge in [0, 0.05) is 11.6 Å². The number of hydrogen-bond acceptors (Lipinski definition) is 4. The van der Waals surface area contributed by atoms with Crippen molar-refractivity contribution in [2.45, 2.75) is 12.6 Å². The van der Waals surface area contributed by atoms with E-state index in [-0.39, 0.29) is 6.04 Å². The quantitative estimate of drug-likeness (QED) is 0.584. The van der Waals surface area contributed by atoms with E-state index in [1.54, 1.807) is 18.0 Å². The molecule has 5 nitrogen and oxygen atoms in total. The number of benzene rings is 1. The van der Waals surface area contributed by atoms with Gasteiger partial charge in [-0.3, -0.25) is 10.5 Å². The maximum absolute atomic E-state index is 6.35. The zero-order chi connectivity index (χ0) is 15.4. The van der Waals surface area contributed by atoms with E-state index in [1.165, 1.54) is 0 Å². The third-order valence-corrected chi connectivity index (χ3v) is 4.68. The minimum Gasteiger partial charge on any atom is -0.383 e. The molecule has 21 heavy (non-hydrogen) atoms. The number of aromatic nitrogens is 2. The molecule has 2 aromatic rings. The average Bonchev–Trinajstić information content (AvgIpc) is 2.83. The number of nitrogens with two attached hydrogens (primary N) is 1. The maximum Gasteiger partial charge on any atom is 0.0908 e. The van der Waals surface area contributed by atoms with Crippen LogP contribution in [0, 0.1) is 0 Å². The first-order chi connectivity index (χ1) is 10.1. The van der Waals surface area contributed by atoms with Crippen molar-refractivity contribution in [2.75, 3.05) is 13.7 Å². The van der Waals surface area contributed by atoms with Crippen LogP contribution >= 0.6 is 39.1 Å². The van der Waals surface area contributed by atoms with Crippen LogP contribution < -0.4 is 11.3 Å². The molecule has 0 radical (unpaired) electrons. The van der Waals surface area contributed by atoms with Crippen molar-refractivity contribution in [3.8, 4) is 0 Å². The highest BCUT2D eigenvalue weighted by Crippen LogP contribution is 2.35. The van der Waals surface area contributed by atoms with Crippen molar-refractivity contribution >= 4 is 39.1 Å². The van der Waals surface area contributed by atoms with E-state index in [2.05, 4.69) is 26.5 Å². The van der Waals surface area contributed by atoms with E-state index in [1.807, 2.05) is 18.2 Å². The zero-order valence-electron chi connectivity index (χ0n) is 11.3. The first kappa shape index (κ1) is 16.7. The number of nitrogens with one attached hydrogen (secondary N) is 1. The Morgan fingerprint density at radius 3 is 2.90 bits per heavy atom. The first-order valence-electron chi connectivity index (χ1n) is 6.20. The smallest absolute Gasteiger partial charge is 0.0908 e. The molecule has 114 valence electrons. The summed E-state index contributed by atoms with van der Waals surface area (Å²) in [5.74, 6) is 5.73. The second-order valence-corrected chi connectivity index (χ2v) is 5.98. The predicted octanol–water partition coefficient (Wildman–Crippen LogP) is 3.15. The molecule has 0 aliphatic carbocycles. The van der Waals surface area contributed by atoms with Crippen LogP contribution in [0.4, 0.5) is 0 Å². The fourth-order valence-electron chi connectivity index (χ4n) is 2.07.